The zero-order valence-electron chi connectivity index (χ0n) is 15.5. The predicted molar refractivity (Wildman–Crippen MR) is 116 cm³/mol. The third kappa shape index (κ3) is 3.28. The lowest BCUT2D eigenvalue weighted by atomic mass is 10.2. The fourth-order valence-corrected chi connectivity index (χ4v) is 5.06. The van der Waals surface area contributed by atoms with Crippen molar-refractivity contribution in [1.82, 2.24) is 19.1 Å². The molecule has 0 aliphatic carbocycles. The first-order chi connectivity index (χ1) is 14.1. The van der Waals surface area contributed by atoms with Crippen LogP contribution in [0.2, 0.25) is 0 Å². The number of aromatic nitrogens is 3. The number of hydrogen-bond acceptors (Lipinski definition) is 7. The molecule has 0 atom stereocenters. The van der Waals surface area contributed by atoms with Gasteiger partial charge in [-0.15, -0.1) is 5.10 Å². The number of thiazole rings is 1. The Hall–Kier alpha value is -2.82. The summed E-state index contributed by atoms with van der Waals surface area (Å²) in [5.74, 6) is 0. The summed E-state index contributed by atoms with van der Waals surface area (Å²) in [6.07, 6.45) is 0. The summed E-state index contributed by atoms with van der Waals surface area (Å²) >= 11 is 7.34. The highest BCUT2D eigenvalue weighted by Gasteiger charge is 2.20. The Kier molecular flexibility index (Phi) is 4.53. The molecule has 148 valence electrons. The van der Waals surface area contributed by atoms with Crippen molar-refractivity contribution in [2.24, 2.45) is 0 Å². The van der Waals surface area contributed by atoms with E-state index in [2.05, 4.69) is 21.9 Å². The van der Waals surface area contributed by atoms with E-state index in [0.717, 1.165) is 47.1 Å². The van der Waals surface area contributed by atoms with Crippen molar-refractivity contribution in [1.29, 1.82) is 0 Å². The van der Waals surface area contributed by atoms with Gasteiger partial charge in [0.15, 0.2) is 0 Å². The van der Waals surface area contributed by atoms with Crippen LogP contribution in [0.25, 0.3) is 15.2 Å². The maximum atomic E-state index is 10.8. The quantitative estimate of drug-likeness (QED) is 0.281. The molecule has 3 heterocycles. The molecule has 1 aliphatic heterocycles. The Morgan fingerprint density at radius 3 is 2.52 bits per heavy atom. The van der Waals surface area contributed by atoms with E-state index in [1.165, 1.54) is 4.70 Å². The number of nitro groups is 1. The van der Waals surface area contributed by atoms with Crippen LogP contribution in [-0.4, -0.2) is 50.2 Å². The van der Waals surface area contributed by atoms with Gasteiger partial charge < -0.3 is 4.90 Å². The molecule has 1 saturated heterocycles. The van der Waals surface area contributed by atoms with Gasteiger partial charge in [-0.2, -0.15) is 0 Å². The topological polar surface area (TPSA) is 71.8 Å². The third-order valence-electron chi connectivity index (χ3n) is 5.25. The number of piperazine rings is 1. The highest BCUT2D eigenvalue weighted by molar-refractivity contribution is 7.71. The predicted octanol–water partition coefficient (Wildman–Crippen LogP) is 3.77. The van der Waals surface area contributed by atoms with E-state index in [1.54, 1.807) is 23.5 Å². The van der Waals surface area contributed by atoms with Gasteiger partial charge in [0.2, 0.25) is 9.73 Å². The fourth-order valence-electron chi connectivity index (χ4n) is 3.70. The summed E-state index contributed by atoms with van der Waals surface area (Å²) in [5.41, 5.74) is 2.24. The lowest BCUT2D eigenvalue weighted by Gasteiger charge is -2.35. The Morgan fingerprint density at radius 2 is 1.79 bits per heavy atom. The molecule has 0 unspecified atom stereocenters. The second kappa shape index (κ2) is 7.21. The first-order valence-electron chi connectivity index (χ1n) is 9.29. The average Bonchev–Trinajstić information content (AvgIpc) is 3.25. The van der Waals surface area contributed by atoms with Crippen molar-refractivity contribution in [2.75, 3.05) is 31.1 Å². The number of anilines is 1. The zero-order chi connectivity index (χ0) is 20.0. The number of para-hydroxylation sites is 1. The molecule has 29 heavy (non-hydrogen) atoms. The molecule has 0 amide bonds. The fraction of sp³-hybridized carbons (Fsp3) is 0.263. The van der Waals surface area contributed by atoms with Crippen molar-refractivity contribution in [3.05, 3.63) is 63.4 Å². The molecular formula is C19H18N6O2S2. The third-order valence-corrected chi connectivity index (χ3v) is 6.65. The van der Waals surface area contributed by atoms with Crippen molar-refractivity contribution >= 4 is 50.1 Å². The molecule has 5 rings (SSSR count). The lowest BCUT2D eigenvalue weighted by molar-refractivity contribution is -0.384. The molecule has 10 heteroatoms. The van der Waals surface area contributed by atoms with Gasteiger partial charge in [-0.25, -0.2) is 4.68 Å². The first kappa shape index (κ1) is 18.2. The maximum Gasteiger partial charge on any atom is 0.269 e. The highest BCUT2D eigenvalue weighted by Crippen LogP contribution is 2.26. The van der Waals surface area contributed by atoms with E-state index in [9.17, 15) is 10.1 Å². The molecule has 2 aromatic carbocycles. The van der Waals surface area contributed by atoms with Crippen molar-refractivity contribution in [3.63, 3.8) is 0 Å². The van der Waals surface area contributed by atoms with Crippen LogP contribution in [0.15, 0.2) is 48.5 Å². The summed E-state index contributed by atoms with van der Waals surface area (Å²) in [5, 5.41) is 15.5. The Bertz CT molecular complexity index is 1250. The molecule has 0 radical (unpaired) electrons. The molecule has 1 fully saturated rings. The monoisotopic (exact) mass is 426 g/mol. The zero-order valence-corrected chi connectivity index (χ0v) is 17.1. The van der Waals surface area contributed by atoms with Gasteiger partial charge in [0.05, 0.1) is 21.8 Å². The number of non-ortho nitro benzene ring substituents is 1. The minimum atomic E-state index is -0.371. The molecule has 0 N–H and O–H groups in total. The maximum absolute atomic E-state index is 10.8. The van der Waals surface area contributed by atoms with Crippen LogP contribution in [-0.2, 0) is 6.67 Å². The van der Waals surface area contributed by atoms with E-state index in [1.807, 2.05) is 33.3 Å². The van der Waals surface area contributed by atoms with E-state index in [0.29, 0.717) is 6.67 Å². The second-order valence-electron chi connectivity index (χ2n) is 6.99. The number of hydrogen-bond donors (Lipinski definition) is 0. The molecule has 4 aromatic rings. The molecule has 2 aromatic heterocycles. The standard InChI is InChI=1S/C19H18N6O2S2/c26-25(27)15-7-5-14(6-8-15)22-11-9-21(10-12-22)13-23-19(28)24-16-3-1-2-4-17(16)29-18(24)20-23/h1-8H,9-13H2. The minimum Gasteiger partial charge on any atom is -0.369 e. The van der Waals surface area contributed by atoms with Crippen LogP contribution in [0.3, 0.4) is 0 Å². The van der Waals surface area contributed by atoms with Crippen LogP contribution in [0, 0.1) is 14.9 Å². The lowest BCUT2D eigenvalue weighted by Crippen LogP contribution is -2.47. The van der Waals surface area contributed by atoms with E-state index in [-0.39, 0.29) is 10.6 Å². The van der Waals surface area contributed by atoms with Crippen LogP contribution in [0.4, 0.5) is 11.4 Å². The first-order valence-corrected chi connectivity index (χ1v) is 10.5. The smallest absolute Gasteiger partial charge is 0.269 e. The van der Waals surface area contributed by atoms with Gasteiger partial charge in [0.1, 0.15) is 0 Å². The van der Waals surface area contributed by atoms with Crippen LogP contribution in [0.1, 0.15) is 0 Å². The Balaban J connectivity index is 1.29. The highest BCUT2D eigenvalue weighted by atomic mass is 32.1. The molecule has 0 bridgehead atoms. The molecule has 1 aliphatic rings. The van der Waals surface area contributed by atoms with Gasteiger partial charge in [-0.05, 0) is 36.5 Å². The van der Waals surface area contributed by atoms with E-state index in [4.69, 9.17) is 17.3 Å². The van der Waals surface area contributed by atoms with Gasteiger partial charge in [0, 0.05) is 44.0 Å². The van der Waals surface area contributed by atoms with Crippen LogP contribution >= 0.6 is 23.6 Å². The molecular weight excluding hydrogens is 408 g/mol. The van der Waals surface area contributed by atoms with Crippen LogP contribution in [0.5, 0.6) is 0 Å². The van der Waals surface area contributed by atoms with E-state index < -0.39 is 0 Å². The van der Waals surface area contributed by atoms with Gasteiger partial charge in [0.25, 0.3) is 5.69 Å². The van der Waals surface area contributed by atoms with Crippen molar-refractivity contribution < 1.29 is 4.92 Å². The molecule has 0 saturated carbocycles. The number of nitro benzene ring substituents is 1. The summed E-state index contributed by atoms with van der Waals surface area (Å²) in [6, 6.07) is 15.0. The largest absolute Gasteiger partial charge is 0.369 e. The number of rotatable bonds is 4. The number of nitrogens with zero attached hydrogens (tertiary/aromatic N) is 6. The summed E-state index contributed by atoms with van der Waals surface area (Å²) in [7, 11) is 0. The Labute approximate surface area is 175 Å². The summed E-state index contributed by atoms with van der Waals surface area (Å²) < 4.78 is 5.85. The van der Waals surface area contributed by atoms with Gasteiger partial charge >= 0.3 is 0 Å². The van der Waals surface area contributed by atoms with Gasteiger partial charge in [-0.1, -0.05) is 23.5 Å². The Morgan fingerprint density at radius 1 is 1.07 bits per heavy atom. The van der Waals surface area contributed by atoms with Crippen molar-refractivity contribution in [3.8, 4) is 0 Å². The van der Waals surface area contributed by atoms with E-state index >= 15 is 0 Å². The average molecular weight is 427 g/mol. The SMILES string of the molecule is O=[N+]([O-])c1ccc(N2CCN(Cn3nc4sc5ccccc5n4c3=S)CC2)cc1. The van der Waals surface area contributed by atoms with Gasteiger partial charge in [-0.3, -0.25) is 19.4 Å². The second-order valence-corrected chi connectivity index (χ2v) is 8.36. The summed E-state index contributed by atoms with van der Waals surface area (Å²) in [4.78, 5) is 15.9. The van der Waals surface area contributed by atoms with Crippen molar-refractivity contribution in [2.45, 2.75) is 6.67 Å². The normalized spacial score (nSPS) is 15.4. The minimum absolute atomic E-state index is 0.119. The number of fused-ring (bicyclic) bond motifs is 3. The molecule has 8 nitrogen and oxygen atoms in total. The summed E-state index contributed by atoms with van der Waals surface area (Å²) in [6.45, 7) is 4.14. The number of benzene rings is 2. The van der Waals surface area contributed by atoms with Crippen LogP contribution < -0.4 is 4.90 Å². The molecule has 0 spiro atoms.